The summed E-state index contributed by atoms with van der Waals surface area (Å²) in [5.74, 6) is 0.177. The second-order valence-corrected chi connectivity index (χ2v) is 7.88. The van der Waals surface area contributed by atoms with Crippen molar-refractivity contribution in [3.8, 4) is 11.3 Å². The number of carbonyl (C=O) groups is 1. The molecule has 0 spiro atoms. The molecule has 140 valence electrons. The molecule has 1 aromatic heterocycles. The van der Waals surface area contributed by atoms with Gasteiger partial charge in [0.05, 0.1) is 22.5 Å². The molecule has 1 heterocycles. The number of halogens is 1. The number of ether oxygens (including phenoxy) is 1. The number of aromatic nitrogens is 2. The molecule has 0 bridgehead atoms. The van der Waals surface area contributed by atoms with E-state index in [1.54, 1.807) is 0 Å². The van der Waals surface area contributed by atoms with Crippen molar-refractivity contribution in [2.45, 2.75) is 39.2 Å². The third kappa shape index (κ3) is 4.74. The summed E-state index contributed by atoms with van der Waals surface area (Å²) in [6.07, 6.45) is 4.44. The van der Waals surface area contributed by atoms with Crippen LogP contribution in [0.4, 0.5) is 0 Å². The molecule has 5 nitrogen and oxygen atoms in total. The maximum Gasteiger partial charge on any atom is 0.329 e. The van der Waals surface area contributed by atoms with E-state index in [-0.39, 0.29) is 6.61 Å². The van der Waals surface area contributed by atoms with Crippen LogP contribution in [0.2, 0.25) is 0 Å². The minimum atomic E-state index is -0.897. The fourth-order valence-electron chi connectivity index (χ4n) is 3.70. The molecule has 0 saturated heterocycles. The van der Waals surface area contributed by atoms with Crippen LogP contribution in [0.5, 0.6) is 0 Å². The van der Waals surface area contributed by atoms with E-state index in [1.807, 2.05) is 13.0 Å². The predicted molar refractivity (Wildman–Crippen MR) is 104 cm³/mol. The SMILES string of the molecule is Cc1nn(CC2CCC(COCC(=O)O)CC2)c(-c2ccccc2)c1Br. The van der Waals surface area contributed by atoms with Gasteiger partial charge < -0.3 is 9.84 Å². The summed E-state index contributed by atoms with van der Waals surface area (Å²) in [5, 5.41) is 13.4. The Morgan fingerprint density at radius 2 is 1.88 bits per heavy atom. The summed E-state index contributed by atoms with van der Waals surface area (Å²) in [6.45, 7) is 3.31. The fraction of sp³-hybridized carbons (Fsp3) is 0.500. The average Bonchev–Trinajstić information content (AvgIpc) is 2.91. The van der Waals surface area contributed by atoms with E-state index in [2.05, 4.69) is 44.9 Å². The molecule has 1 saturated carbocycles. The number of aryl methyl sites for hydroxylation is 1. The van der Waals surface area contributed by atoms with Crippen LogP contribution in [0.1, 0.15) is 31.4 Å². The van der Waals surface area contributed by atoms with Crippen molar-refractivity contribution >= 4 is 21.9 Å². The number of aliphatic carboxylic acids is 1. The van der Waals surface area contributed by atoms with Gasteiger partial charge in [0.1, 0.15) is 6.61 Å². The Balaban J connectivity index is 1.61. The summed E-state index contributed by atoms with van der Waals surface area (Å²) >= 11 is 3.70. The van der Waals surface area contributed by atoms with Gasteiger partial charge in [0.15, 0.2) is 0 Å². The minimum Gasteiger partial charge on any atom is -0.480 e. The molecule has 3 rings (SSSR count). The largest absolute Gasteiger partial charge is 0.480 e. The lowest BCUT2D eigenvalue weighted by Crippen LogP contribution is -2.23. The lowest BCUT2D eigenvalue weighted by atomic mass is 9.82. The van der Waals surface area contributed by atoms with Crippen LogP contribution in [0.25, 0.3) is 11.3 Å². The Bertz CT molecular complexity index is 737. The summed E-state index contributed by atoms with van der Waals surface area (Å²) in [4.78, 5) is 10.5. The number of hydrogen-bond donors (Lipinski definition) is 1. The van der Waals surface area contributed by atoms with E-state index < -0.39 is 5.97 Å². The summed E-state index contributed by atoms with van der Waals surface area (Å²) in [5.41, 5.74) is 3.34. The van der Waals surface area contributed by atoms with Crippen molar-refractivity contribution in [2.24, 2.45) is 11.8 Å². The number of carboxylic acids is 1. The van der Waals surface area contributed by atoms with Crippen molar-refractivity contribution in [3.05, 3.63) is 40.5 Å². The first-order chi connectivity index (χ1) is 12.5. The Morgan fingerprint density at radius 1 is 1.23 bits per heavy atom. The molecular formula is C20H25BrN2O3. The van der Waals surface area contributed by atoms with Crippen molar-refractivity contribution in [1.82, 2.24) is 9.78 Å². The normalized spacial score (nSPS) is 20.2. The molecule has 0 amide bonds. The maximum atomic E-state index is 10.5. The zero-order valence-corrected chi connectivity index (χ0v) is 16.6. The van der Waals surface area contributed by atoms with Crippen molar-refractivity contribution in [3.63, 3.8) is 0 Å². The Labute approximate surface area is 162 Å². The molecular weight excluding hydrogens is 396 g/mol. The molecule has 1 N–H and O–H groups in total. The van der Waals surface area contributed by atoms with Crippen LogP contribution in [-0.4, -0.2) is 34.1 Å². The lowest BCUT2D eigenvalue weighted by molar-refractivity contribution is -0.142. The van der Waals surface area contributed by atoms with Gasteiger partial charge in [0, 0.05) is 12.1 Å². The molecule has 6 heteroatoms. The van der Waals surface area contributed by atoms with Gasteiger partial charge in [0.2, 0.25) is 0 Å². The van der Waals surface area contributed by atoms with Crippen molar-refractivity contribution in [2.75, 3.05) is 13.2 Å². The standard InChI is InChI=1S/C20H25BrN2O3/c1-14-19(21)20(17-5-3-2-4-6-17)23(22-14)11-15-7-9-16(10-8-15)12-26-13-18(24)25/h2-6,15-16H,7-13H2,1H3,(H,24,25). The zero-order valence-electron chi connectivity index (χ0n) is 15.0. The minimum absolute atomic E-state index is 0.193. The van der Waals surface area contributed by atoms with Gasteiger partial charge in [-0.25, -0.2) is 4.79 Å². The van der Waals surface area contributed by atoms with E-state index in [0.29, 0.717) is 18.4 Å². The first-order valence-corrected chi connectivity index (χ1v) is 9.91. The van der Waals surface area contributed by atoms with Gasteiger partial charge in [0.25, 0.3) is 0 Å². The molecule has 26 heavy (non-hydrogen) atoms. The smallest absolute Gasteiger partial charge is 0.329 e. The van der Waals surface area contributed by atoms with E-state index in [9.17, 15) is 4.79 Å². The molecule has 0 unspecified atom stereocenters. The first-order valence-electron chi connectivity index (χ1n) is 9.12. The maximum absolute atomic E-state index is 10.5. The first kappa shape index (κ1) is 19.1. The highest BCUT2D eigenvalue weighted by molar-refractivity contribution is 9.10. The number of hydrogen-bond acceptors (Lipinski definition) is 3. The predicted octanol–water partition coefficient (Wildman–Crippen LogP) is 4.53. The molecule has 0 atom stereocenters. The third-order valence-electron chi connectivity index (χ3n) is 5.08. The van der Waals surface area contributed by atoms with Crippen LogP contribution in [0.3, 0.4) is 0 Å². The monoisotopic (exact) mass is 420 g/mol. The summed E-state index contributed by atoms with van der Waals surface area (Å²) in [6, 6.07) is 10.4. The van der Waals surface area contributed by atoms with Gasteiger partial charge in [-0.3, -0.25) is 4.68 Å². The van der Waals surface area contributed by atoms with Gasteiger partial charge in [-0.1, -0.05) is 30.3 Å². The Morgan fingerprint density at radius 3 is 2.54 bits per heavy atom. The molecule has 0 radical (unpaired) electrons. The molecule has 1 aliphatic carbocycles. The average molecular weight is 421 g/mol. The van der Waals surface area contributed by atoms with Gasteiger partial charge in [-0.05, 0) is 60.4 Å². The van der Waals surface area contributed by atoms with Gasteiger partial charge >= 0.3 is 5.97 Å². The Kier molecular flexibility index (Phi) is 6.48. The van der Waals surface area contributed by atoms with Crippen molar-refractivity contribution < 1.29 is 14.6 Å². The van der Waals surface area contributed by atoms with E-state index in [1.165, 1.54) is 5.56 Å². The number of rotatable bonds is 7. The van der Waals surface area contributed by atoms with Crippen LogP contribution >= 0.6 is 15.9 Å². The van der Waals surface area contributed by atoms with Crippen LogP contribution in [-0.2, 0) is 16.1 Å². The second kappa shape index (κ2) is 8.82. The van der Waals surface area contributed by atoms with Crippen LogP contribution in [0, 0.1) is 18.8 Å². The highest BCUT2D eigenvalue weighted by atomic mass is 79.9. The quantitative estimate of drug-likeness (QED) is 0.714. The molecule has 2 aromatic rings. The second-order valence-electron chi connectivity index (χ2n) is 7.09. The van der Waals surface area contributed by atoms with E-state index in [4.69, 9.17) is 14.9 Å². The molecule has 1 aromatic carbocycles. The van der Waals surface area contributed by atoms with Crippen molar-refractivity contribution in [1.29, 1.82) is 0 Å². The van der Waals surface area contributed by atoms with E-state index in [0.717, 1.165) is 48.1 Å². The molecule has 1 aliphatic rings. The molecule has 0 aliphatic heterocycles. The highest BCUT2D eigenvalue weighted by Crippen LogP contribution is 2.34. The Hall–Kier alpha value is -1.66. The number of nitrogens with zero attached hydrogens (tertiary/aromatic N) is 2. The van der Waals surface area contributed by atoms with Gasteiger partial charge in [-0.15, -0.1) is 0 Å². The third-order valence-corrected chi connectivity index (χ3v) is 6.03. The summed E-state index contributed by atoms with van der Waals surface area (Å²) < 4.78 is 8.47. The summed E-state index contributed by atoms with van der Waals surface area (Å²) in [7, 11) is 0. The lowest BCUT2D eigenvalue weighted by Gasteiger charge is -2.28. The fourth-order valence-corrected chi connectivity index (χ4v) is 4.21. The number of carboxylic acid groups (broad SMARTS) is 1. The topological polar surface area (TPSA) is 64.4 Å². The van der Waals surface area contributed by atoms with Gasteiger partial charge in [-0.2, -0.15) is 5.10 Å². The zero-order chi connectivity index (χ0) is 18.5. The molecule has 1 fully saturated rings. The number of benzene rings is 1. The van der Waals surface area contributed by atoms with E-state index >= 15 is 0 Å². The van der Waals surface area contributed by atoms with Crippen LogP contribution in [0.15, 0.2) is 34.8 Å². The highest BCUT2D eigenvalue weighted by Gasteiger charge is 2.24. The van der Waals surface area contributed by atoms with Crippen LogP contribution < -0.4 is 0 Å².